The van der Waals surface area contributed by atoms with Gasteiger partial charge in [-0.15, -0.1) is 11.3 Å². The van der Waals surface area contributed by atoms with E-state index < -0.39 is 27.9 Å². The van der Waals surface area contributed by atoms with Gasteiger partial charge < -0.3 is 11.1 Å². The zero-order valence-corrected chi connectivity index (χ0v) is 17.5. The van der Waals surface area contributed by atoms with Crippen LogP contribution < -0.4 is 15.8 Å². The number of rotatable bonds is 7. The highest BCUT2D eigenvalue weighted by Gasteiger charge is 2.33. The molecule has 0 bridgehead atoms. The number of carbonyl (C=O) groups is 2. The molecule has 4 N–H and O–H groups in total. The third-order valence-corrected chi connectivity index (χ3v) is 6.72. The summed E-state index contributed by atoms with van der Waals surface area (Å²) in [5.41, 5.74) is 6.07. The Balaban J connectivity index is 1.87. The average molecular weight is 436 g/mol. The number of amidine groups is 1. The lowest BCUT2D eigenvalue weighted by Crippen LogP contribution is -2.34. The molecule has 29 heavy (non-hydrogen) atoms. The van der Waals surface area contributed by atoms with Crippen molar-refractivity contribution < 1.29 is 18.0 Å². The molecule has 1 aromatic heterocycles. The predicted octanol–water partition coefficient (Wildman–Crippen LogP) is 1.26. The van der Waals surface area contributed by atoms with Crippen LogP contribution in [0.4, 0.5) is 5.13 Å². The monoisotopic (exact) mass is 435 g/mol. The molecule has 0 saturated heterocycles. The van der Waals surface area contributed by atoms with Crippen molar-refractivity contribution in [2.75, 3.05) is 5.32 Å². The fourth-order valence-electron chi connectivity index (χ4n) is 2.84. The highest BCUT2D eigenvalue weighted by molar-refractivity contribution is 7.90. The number of carbonyl (C=O) groups excluding carboxylic acids is 2. The maximum atomic E-state index is 12.9. The second kappa shape index (κ2) is 8.29. The molecular weight excluding hydrogens is 414 g/mol. The van der Waals surface area contributed by atoms with Gasteiger partial charge in [0.25, 0.3) is 15.9 Å². The summed E-state index contributed by atoms with van der Waals surface area (Å²) in [6.45, 7) is 3.79. The van der Waals surface area contributed by atoms with E-state index in [1.54, 1.807) is 23.6 Å². The number of aliphatic imine (C=N–C) groups is 1. The van der Waals surface area contributed by atoms with Crippen molar-refractivity contribution >= 4 is 44.1 Å². The summed E-state index contributed by atoms with van der Waals surface area (Å²) >= 11 is 1.18. The average Bonchev–Trinajstić information content (AvgIpc) is 3.20. The fraction of sp³-hybridized carbons (Fsp3) is 0.333. The number of benzene rings is 1. The van der Waals surface area contributed by atoms with E-state index in [4.69, 9.17) is 5.73 Å². The summed E-state index contributed by atoms with van der Waals surface area (Å²) in [4.78, 5) is 32.7. The quantitative estimate of drug-likeness (QED) is 0.600. The second-order valence-electron chi connectivity index (χ2n) is 6.69. The minimum Gasteiger partial charge on any atom is -0.369 e. The molecule has 2 heterocycles. The van der Waals surface area contributed by atoms with Crippen molar-refractivity contribution in [1.82, 2.24) is 9.71 Å². The number of hydrogen-bond acceptors (Lipinski definition) is 7. The third-order valence-electron chi connectivity index (χ3n) is 4.52. The topological polar surface area (TPSA) is 144 Å². The number of fused-ring (bicyclic) bond motifs is 1. The van der Waals surface area contributed by atoms with Gasteiger partial charge in [0.1, 0.15) is 11.9 Å². The van der Waals surface area contributed by atoms with Crippen LogP contribution in [-0.4, -0.2) is 37.1 Å². The van der Waals surface area contributed by atoms with Gasteiger partial charge in [-0.3, -0.25) is 19.3 Å². The molecule has 0 radical (unpaired) electrons. The number of hydrogen-bond donors (Lipinski definition) is 3. The number of anilines is 1. The minimum absolute atomic E-state index is 0.0119. The number of thiazole rings is 1. The van der Waals surface area contributed by atoms with Gasteiger partial charge in [-0.05, 0) is 18.1 Å². The van der Waals surface area contributed by atoms with Crippen LogP contribution in [0.2, 0.25) is 0 Å². The molecule has 1 aliphatic rings. The first-order valence-corrected chi connectivity index (χ1v) is 11.3. The summed E-state index contributed by atoms with van der Waals surface area (Å²) in [6, 6.07) is 5.66. The van der Waals surface area contributed by atoms with Crippen molar-refractivity contribution in [2.45, 2.75) is 37.6 Å². The Morgan fingerprint density at radius 2 is 2.07 bits per heavy atom. The van der Waals surface area contributed by atoms with E-state index in [-0.39, 0.29) is 23.1 Å². The maximum Gasteiger partial charge on any atom is 0.263 e. The summed E-state index contributed by atoms with van der Waals surface area (Å²) in [5.74, 6) is -0.918. The zero-order valence-electron chi connectivity index (χ0n) is 15.9. The molecule has 2 aromatic rings. The van der Waals surface area contributed by atoms with Gasteiger partial charge in [-0.2, -0.15) is 0 Å². The molecule has 0 fully saturated rings. The molecule has 0 saturated carbocycles. The molecule has 0 aliphatic carbocycles. The Labute approximate surface area is 172 Å². The summed E-state index contributed by atoms with van der Waals surface area (Å²) in [7, 11) is -3.69. The summed E-state index contributed by atoms with van der Waals surface area (Å²) in [6.07, 6.45) is 0.649. The lowest BCUT2D eigenvalue weighted by molar-refractivity contribution is -0.118. The first-order valence-electron chi connectivity index (χ1n) is 8.95. The number of nitrogens with two attached hydrogens (primary N) is 1. The van der Waals surface area contributed by atoms with Crippen LogP contribution in [0.1, 0.15) is 31.5 Å². The maximum absolute atomic E-state index is 12.9. The van der Waals surface area contributed by atoms with Crippen molar-refractivity contribution in [1.29, 1.82) is 0 Å². The first-order chi connectivity index (χ1) is 13.7. The van der Waals surface area contributed by atoms with E-state index in [1.807, 2.05) is 13.8 Å². The van der Waals surface area contributed by atoms with E-state index in [2.05, 4.69) is 20.0 Å². The fourth-order valence-corrected chi connectivity index (χ4v) is 4.79. The number of aromatic nitrogens is 1. The van der Waals surface area contributed by atoms with Gasteiger partial charge in [0, 0.05) is 10.9 Å². The molecule has 154 valence electrons. The summed E-state index contributed by atoms with van der Waals surface area (Å²) < 4.78 is 27.0. The number of amides is 2. The van der Waals surface area contributed by atoms with Gasteiger partial charge in [0.15, 0.2) is 5.13 Å². The van der Waals surface area contributed by atoms with Crippen LogP contribution in [0.15, 0.2) is 39.5 Å². The molecule has 2 atom stereocenters. The molecule has 2 amide bonds. The normalized spacial score (nSPS) is 17.9. The summed E-state index contributed by atoms with van der Waals surface area (Å²) in [5, 5.41) is 4.67. The highest BCUT2D eigenvalue weighted by Crippen LogP contribution is 2.25. The van der Waals surface area contributed by atoms with Gasteiger partial charge in [0.2, 0.25) is 5.91 Å². The van der Waals surface area contributed by atoms with E-state index in [0.717, 1.165) is 0 Å². The van der Waals surface area contributed by atoms with Crippen molar-refractivity contribution in [3.63, 3.8) is 0 Å². The minimum atomic E-state index is -3.69. The third kappa shape index (κ3) is 4.62. The number of primary amides is 1. The number of nitrogens with one attached hydrogen (secondary N) is 2. The molecule has 1 aromatic carbocycles. The largest absolute Gasteiger partial charge is 0.369 e. The Kier molecular flexibility index (Phi) is 5.99. The standard InChI is InChI=1S/C18H21N5O4S2/c1-3-10(2)15(17(25)22-18-20-11(9-28-18)8-14(19)24)21-16-12-6-4-5-7-13(12)29(26,27)23-16/h4-7,9-10,15H,3,8H2,1-2H3,(H2,19,24)(H,21,23)(H,20,22,25)/t10-,15-/m0/s1. The van der Waals surface area contributed by atoms with Crippen LogP contribution >= 0.6 is 11.3 Å². The van der Waals surface area contributed by atoms with E-state index in [0.29, 0.717) is 22.8 Å². The predicted molar refractivity (Wildman–Crippen MR) is 110 cm³/mol. The molecule has 0 unspecified atom stereocenters. The van der Waals surface area contributed by atoms with Crippen LogP contribution in [0, 0.1) is 5.92 Å². The van der Waals surface area contributed by atoms with Gasteiger partial charge in [-0.25, -0.2) is 13.4 Å². The second-order valence-corrected chi connectivity index (χ2v) is 9.19. The number of nitrogens with zero attached hydrogens (tertiary/aromatic N) is 2. The molecular formula is C18H21N5O4S2. The van der Waals surface area contributed by atoms with Crippen LogP contribution in [0.5, 0.6) is 0 Å². The van der Waals surface area contributed by atoms with E-state index in [1.165, 1.54) is 17.4 Å². The lowest BCUT2D eigenvalue weighted by atomic mass is 9.99. The van der Waals surface area contributed by atoms with E-state index in [9.17, 15) is 18.0 Å². The van der Waals surface area contributed by atoms with Gasteiger partial charge >= 0.3 is 0 Å². The lowest BCUT2D eigenvalue weighted by Gasteiger charge is -2.18. The van der Waals surface area contributed by atoms with Crippen LogP contribution in [0.25, 0.3) is 0 Å². The first kappa shape index (κ1) is 20.9. The van der Waals surface area contributed by atoms with Gasteiger partial charge in [-0.1, -0.05) is 32.4 Å². The molecule has 0 spiro atoms. The molecule has 11 heteroatoms. The Bertz CT molecular complexity index is 1080. The van der Waals surface area contributed by atoms with Gasteiger partial charge in [0.05, 0.1) is 17.0 Å². The Morgan fingerprint density at radius 3 is 2.76 bits per heavy atom. The van der Waals surface area contributed by atoms with Crippen LogP contribution in [0.3, 0.4) is 0 Å². The van der Waals surface area contributed by atoms with Crippen molar-refractivity contribution in [2.24, 2.45) is 16.6 Å². The highest BCUT2D eigenvalue weighted by atomic mass is 32.2. The molecule has 1 aliphatic heterocycles. The molecule has 3 rings (SSSR count). The SMILES string of the molecule is CC[C@H](C)[C@H](N=C1NS(=O)(=O)c2ccccc21)C(=O)Nc1nc(CC(N)=O)cs1. The Hall–Kier alpha value is -2.79. The van der Waals surface area contributed by atoms with Crippen molar-refractivity contribution in [3.05, 3.63) is 40.9 Å². The Morgan fingerprint density at radius 1 is 1.34 bits per heavy atom. The number of sulfonamides is 1. The smallest absolute Gasteiger partial charge is 0.263 e. The van der Waals surface area contributed by atoms with Crippen molar-refractivity contribution in [3.8, 4) is 0 Å². The molecule has 9 nitrogen and oxygen atoms in total. The zero-order chi connectivity index (χ0) is 21.2. The van der Waals surface area contributed by atoms with E-state index >= 15 is 0 Å². The van der Waals surface area contributed by atoms with Crippen LogP contribution in [-0.2, 0) is 26.0 Å².